The zero-order chi connectivity index (χ0) is 16.9. The molecule has 0 aliphatic carbocycles. The second-order valence-electron chi connectivity index (χ2n) is 3.83. The van der Waals surface area contributed by atoms with E-state index in [2.05, 4.69) is 9.26 Å². The third-order valence-corrected chi connectivity index (χ3v) is 2.81. The molecule has 0 aromatic heterocycles. The quantitative estimate of drug-likeness (QED) is 0.310. The smallest absolute Gasteiger partial charge is 0.469 e. The molecule has 0 saturated heterocycles. The number of esters is 1. The zero-order valence-corrected chi connectivity index (χ0v) is 11.7. The van der Waals surface area contributed by atoms with E-state index in [1.54, 1.807) is 0 Å². The molecule has 0 bridgehead atoms. The average Bonchev–Trinajstić information content (AvgIpc) is 2.41. The standard InChI is InChI=1S/C11H11O10P/c12-9(13)7-2-1-6(5-8(7)10(14)15)11(16)20-3-4-21-22(17,18)19/h1-2,5H,3-4H2,(H,12,13)(H,14,15)(H2,17,18,19). The van der Waals surface area contributed by atoms with Crippen LogP contribution in [0.15, 0.2) is 18.2 Å². The summed E-state index contributed by atoms with van der Waals surface area (Å²) in [4.78, 5) is 50.2. The molecular formula is C11H11O10P. The lowest BCUT2D eigenvalue weighted by molar-refractivity contribution is 0.0424. The first-order valence-electron chi connectivity index (χ1n) is 5.59. The van der Waals surface area contributed by atoms with E-state index in [0.717, 1.165) is 18.2 Å². The van der Waals surface area contributed by atoms with Gasteiger partial charge >= 0.3 is 25.7 Å². The van der Waals surface area contributed by atoms with E-state index in [-0.39, 0.29) is 5.56 Å². The van der Waals surface area contributed by atoms with Gasteiger partial charge in [-0.25, -0.2) is 18.9 Å². The van der Waals surface area contributed by atoms with Gasteiger partial charge in [0.25, 0.3) is 0 Å². The maximum Gasteiger partial charge on any atom is 0.469 e. The number of hydrogen-bond donors (Lipinski definition) is 4. The molecule has 4 N–H and O–H groups in total. The lowest BCUT2D eigenvalue weighted by Crippen LogP contribution is -2.13. The summed E-state index contributed by atoms with van der Waals surface area (Å²) in [7, 11) is -4.67. The highest BCUT2D eigenvalue weighted by atomic mass is 31.2. The third kappa shape index (κ3) is 5.26. The molecule has 0 radical (unpaired) electrons. The Labute approximate surface area is 123 Å². The molecule has 1 aromatic carbocycles. The van der Waals surface area contributed by atoms with Crippen molar-refractivity contribution in [3.05, 3.63) is 34.9 Å². The van der Waals surface area contributed by atoms with Crippen LogP contribution in [0.2, 0.25) is 0 Å². The number of hydrogen-bond acceptors (Lipinski definition) is 6. The number of carboxylic acids is 2. The first-order valence-corrected chi connectivity index (χ1v) is 7.12. The van der Waals surface area contributed by atoms with E-state index in [9.17, 15) is 18.9 Å². The summed E-state index contributed by atoms with van der Waals surface area (Å²) in [5, 5.41) is 17.7. The van der Waals surface area contributed by atoms with E-state index in [1.165, 1.54) is 0 Å². The number of benzene rings is 1. The van der Waals surface area contributed by atoms with Crippen LogP contribution in [0.3, 0.4) is 0 Å². The summed E-state index contributed by atoms with van der Waals surface area (Å²) >= 11 is 0. The van der Waals surface area contributed by atoms with Crippen LogP contribution in [0.1, 0.15) is 31.1 Å². The van der Waals surface area contributed by atoms with E-state index < -0.39 is 50.1 Å². The van der Waals surface area contributed by atoms with Crippen LogP contribution >= 0.6 is 7.82 Å². The van der Waals surface area contributed by atoms with Crippen LogP contribution in [0, 0.1) is 0 Å². The minimum atomic E-state index is -4.67. The van der Waals surface area contributed by atoms with Gasteiger partial charge in [0.2, 0.25) is 0 Å². The van der Waals surface area contributed by atoms with Gasteiger partial charge in [-0.1, -0.05) is 0 Å². The Kier molecular flexibility index (Phi) is 5.77. The Bertz CT molecular complexity index is 646. The predicted octanol–water partition coefficient (Wildman–Crippen LogP) is 0.349. The van der Waals surface area contributed by atoms with Crippen molar-refractivity contribution < 1.29 is 48.2 Å². The Morgan fingerprint density at radius 1 is 1.00 bits per heavy atom. The van der Waals surface area contributed by atoms with Gasteiger partial charge in [-0.3, -0.25) is 4.52 Å². The maximum atomic E-state index is 11.6. The number of phosphoric ester groups is 1. The van der Waals surface area contributed by atoms with Crippen LogP contribution in [0.4, 0.5) is 0 Å². The molecule has 11 heteroatoms. The monoisotopic (exact) mass is 334 g/mol. The molecule has 0 aliphatic heterocycles. The minimum Gasteiger partial charge on any atom is -0.478 e. The van der Waals surface area contributed by atoms with Crippen molar-refractivity contribution in [2.24, 2.45) is 0 Å². The fourth-order valence-corrected chi connectivity index (χ4v) is 1.72. The molecule has 0 spiro atoms. The summed E-state index contributed by atoms with van der Waals surface area (Å²) in [5.41, 5.74) is -1.30. The maximum absolute atomic E-state index is 11.6. The van der Waals surface area contributed by atoms with Gasteiger partial charge in [0, 0.05) is 0 Å². The summed E-state index contributed by atoms with van der Waals surface area (Å²) < 4.78 is 19.0. The summed E-state index contributed by atoms with van der Waals surface area (Å²) in [6.07, 6.45) is 0. The molecule has 0 heterocycles. The van der Waals surface area contributed by atoms with E-state index >= 15 is 0 Å². The fourth-order valence-electron chi connectivity index (χ4n) is 1.41. The fraction of sp³-hybridized carbons (Fsp3) is 0.182. The largest absolute Gasteiger partial charge is 0.478 e. The Morgan fingerprint density at radius 3 is 2.09 bits per heavy atom. The Balaban J connectivity index is 2.78. The number of carboxylic acid groups (broad SMARTS) is 2. The number of aromatic carboxylic acids is 2. The van der Waals surface area contributed by atoms with Crippen molar-refractivity contribution in [1.29, 1.82) is 0 Å². The number of rotatable bonds is 7. The highest BCUT2D eigenvalue weighted by molar-refractivity contribution is 7.46. The zero-order valence-electron chi connectivity index (χ0n) is 10.8. The highest BCUT2D eigenvalue weighted by Gasteiger charge is 2.19. The Hall–Kier alpha value is -2.26. The Morgan fingerprint density at radius 2 is 1.59 bits per heavy atom. The third-order valence-electron chi connectivity index (χ3n) is 2.29. The molecule has 0 atom stereocenters. The molecular weight excluding hydrogens is 323 g/mol. The van der Waals surface area contributed by atoms with E-state index in [1.807, 2.05) is 0 Å². The van der Waals surface area contributed by atoms with Gasteiger partial charge in [0.05, 0.1) is 23.3 Å². The molecule has 22 heavy (non-hydrogen) atoms. The van der Waals surface area contributed by atoms with E-state index in [4.69, 9.17) is 20.0 Å². The van der Waals surface area contributed by atoms with Crippen molar-refractivity contribution in [2.45, 2.75) is 0 Å². The lowest BCUT2D eigenvalue weighted by Gasteiger charge is -2.08. The molecule has 0 fully saturated rings. The molecule has 10 nitrogen and oxygen atoms in total. The second-order valence-corrected chi connectivity index (χ2v) is 5.07. The second kappa shape index (κ2) is 7.14. The number of carbonyl (C=O) groups is 3. The van der Waals surface area contributed by atoms with Crippen LogP contribution in [-0.2, 0) is 13.8 Å². The minimum absolute atomic E-state index is 0.224. The topological polar surface area (TPSA) is 168 Å². The summed E-state index contributed by atoms with van der Waals surface area (Å²) in [6.45, 7) is -1.04. The van der Waals surface area contributed by atoms with Crippen LogP contribution in [0.5, 0.6) is 0 Å². The summed E-state index contributed by atoms with van der Waals surface area (Å²) in [5.74, 6) is -3.99. The van der Waals surface area contributed by atoms with Gasteiger partial charge in [0.15, 0.2) is 0 Å². The SMILES string of the molecule is O=C(OCCOP(=O)(O)O)c1ccc(C(=O)O)c(C(=O)O)c1. The van der Waals surface area contributed by atoms with Crippen LogP contribution < -0.4 is 0 Å². The molecule has 120 valence electrons. The van der Waals surface area contributed by atoms with E-state index in [0.29, 0.717) is 0 Å². The molecule has 1 aromatic rings. The van der Waals surface area contributed by atoms with Gasteiger partial charge in [-0.05, 0) is 18.2 Å². The number of carbonyl (C=O) groups excluding carboxylic acids is 1. The lowest BCUT2D eigenvalue weighted by atomic mass is 10.0. The first kappa shape index (κ1) is 17.8. The summed E-state index contributed by atoms with van der Waals surface area (Å²) in [6, 6.07) is 2.83. The van der Waals surface area contributed by atoms with Crippen molar-refractivity contribution in [3.63, 3.8) is 0 Å². The predicted molar refractivity (Wildman–Crippen MR) is 68.6 cm³/mol. The van der Waals surface area contributed by atoms with Gasteiger partial charge in [0.1, 0.15) is 6.61 Å². The molecule has 0 saturated carbocycles. The van der Waals surface area contributed by atoms with Gasteiger partial charge in [-0.15, -0.1) is 0 Å². The van der Waals surface area contributed by atoms with Crippen molar-refractivity contribution in [1.82, 2.24) is 0 Å². The van der Waals surface area contributed by atoms with Crippen LogP contribution in [0.25, 0.3) is 0 Å². The van der Waals surface area contributed by atoms with Crippen molar-refractivity contribution in [2.75, 3.05) is 13.2 Å². The van der Waals surface area contributed by atoms with Crippen molar-refractivity contribution in [3.8, 4) is 0 Å². The van der Waals surface area contributed by atoms with Crippen LogP contribution in [-0.4, -0.2) is 51.1 Å². The van der Waals surface area contributed by atoms with Gasteiger partial charge in [-0.2, -0.15) is 0 Å². The van der Waals surface area contributed by atoms with Gasteiger partial charge < -0.3 is 24.7 Å². The molecule has 0 unspecified atom stereocenters. The normalized spacial score (nSPS) is 11.0. The number of phosphoric acid groups is 1. The first-order chi connectivity index (χ1) is 10.1. The number of ether oxygens (including phenoxy) is 1. The molecule has 0 amide bonds. The average molecular weight is 334 g/mol. The molecule has 1 rings (SSSR count). The van der Waals surface area contributed by atoms with Crippen molar-refractivity contribution >= 4 is 25.7 Å². The highest BCUT2D eigenvalue weighted by Crippen LogP contribution is 2.35. The molecule has 0 aliphatic rings.